The number of pyridine rings is 1. The van der Waals surface area contributed by atoms with Gasteiger partial charge in [0.1, 0.15) is 0 Å². The van der Waals surface area contributed by atoms with E-state index in [2.05, 4.69) is 39.9 Å². The van der Waals surface area contributed by atoms with Crippen LogP contribution >= 0.6 is 12.2 Å². The number of rotatable bonds is 6. The number of hydrazone groups is 1. The molecule has 0 fully saturated rings. The Morgan fingerprint density at radius 3 is 2.73 bits per heavy atom. The quantitative estimate of drug-likeness (QED) is 0.484. The molecule has 22 heavy (non-hydrogen) atoms. The van der Waals surface area contributed by atoms with E-state index in [1.165, 1.54) is 18.4 Å². The molecule has 4 nitrogen and oxygen atoms in total. The largest absolute Gasteiger partial charge is 0.331 e. The van der Waals surface area contributed by atoms with Crippen molar-refractivity contribution in [1.82, 2.24) is 10.4 Å². The van der Waals surface area contributed by atoms with Gasteiger partial charge in [0.05, 0.1) is 11.9 Å². The molecular weight excluding hydrogens is 292 g/mol. The molecule has 2 aromatic rings. The number of aryl methyl sites for hydroxylation is 1. The minimum atomic E-state index is 0.452. The molecule has 5 heteroatoms. The highest BCUT2D eigenvalue weighted by atomic mass is 32.1. The molecule has 1 heterocycles. The van der Waals surface area contributed by atoms with Gasteiger partial charge in [-0.3, -0.25) is 10.4 Å². The molecule has 1 aromatic carbocycles. The summed E-state index contributed by atoms with van der Waals surface area (Å²) in [5.41, 5.74) is 5.85. The fraction of sp³-hybridized carbons (Fsp3) is 0.235. The first-order valence-electron chi connectivity index (χ1n) is 7.38. The van der Waals surface area contributed by atoms with Crippen molar-refractivity contribution >= 4 is 29.2 Å². The Bertz CT molecular complexity index is 608. The van der Waals surface area contributed by atoms with Gasteiger partial charge in [-0.25, -0.2) is 0 Å². The lowest BCUT2D eigenvalue weighted by Gasteiger charge is -2.07. The normalized spacial score (nSPS) is 10.6. The van der Waals surface area contributed by atoms with Gasteiger partial charge in [-0.15, -0.1) is 0 Å². The lowest BCUT2D eigenvalue weighted by Crippen LogP contribution is -2.23. The van der Waals surface area contributed by atoms with Crippen LogP contribution in [0.2, 0.25) is 0 Å². The van der Waals surface area contributed by atoms with Crippen molar-refractivity contribution < 1.29 is 0 Å². The topological polar surface area (TPSA) is 49.3 Å². The maximum absolute atomic E-state index is 5.20. The van der Waals surface area contributed by atoms with Crippen molar-refractivity contribution in [3.8, 4) is 0 Å². The first-order chi connectivity index (χ1) is 10.8. The van der Waals surface area contributed by atoms with Crippen LogP contribution < -0.4 is 10.7 Å². The molecule has 0 aliphatic carbocycles. The van der Waals surface area contributed by atoms with E-state index in [1.54, 1.807) is 12.4 Å². The monoisotopic (exact) mass is 312 g/mol. The summed E-state index contributed by atoms with van der Waals surface area (Å²) in [7, 11) is 0. The average molecular weight is 312 g/mol. The molecule has 0 unspecified atom stereocenters. The second-order valence-electron chi connectivity index (χ2n) is 4.88. The molecule has 0 saturated carbocycles. The first kappa shape index (κ1) is 16.1. The van der Waals surface area contributed by atoms with Gasteiger partial charge in [0, 0.05) is 11.9 Å². The zero-order chi connectivity index (χ0) is 15.6. The van der Waals surface area contributed by atoms with E-state index in [9.17, 15) is 0 Å². The van der Waals surface area contributed by atoms with Gasteiger partial charge in [-0.2, -0.15) is 5.10 Å². The van der Waals surface area contributed by atoms with Crippen molar-refractivity contribution in [1.29, 1.82) is 0 Å². The Balaban J connectivity index is 1.80. The van der Waals surface area contributed by atoms with Crippen LogP contribution in [0.15, 0.2) is 53.8 Å². The summed E-state index contributed by atoms with van der Waals surface area (Å²) < 4.78 is 0. The Morgan fingerprint density at radius 2 is 2.05 bits per heavy atom. The second kappa shape index (κ2) is 8.89. The van der Waals surface area contributed by atoms with Gasteiger partial charge in [0.2, 0.25) is 0 Å². The predicted octanol–water partition coefficient (Wildman–Crippen LogP) is 3.74. The molecule has 114 valence electrons. The number of aromatic nitrogens is 1. The van der Waals surface area contributed by atoms with E-state index < -0.39 is 0 Å². The number of benzene rings is 1. The highest BCUT2D eigenvalue weighted by Crippen LogP contribution is 2.11. The fourth-order valence-corrected chi connectivity index (χ4v) is 2.07. The standard InChI is InChI=1S/C17H20N4S/c1-2-3-6-14-8-10-15(11-9-14)20-17(22)21-19-13-16-7-4-5-12-18-16/h4-5,7-13H,2-3,6H2,1H3,(H2,20,21,22)/b19-13-. The van der Waals surface area contributed by atoms with E-state index in [-0.39, 0.29) is 0 Å². The van der Waals surface area contributed by atoms with Crippen molar-refractivity contribution in [2.24, 2.45) is 5.10 Å². The van der Waals surface area contributed by atoms with Crippen molar-refractivity contribution in [2.75, 3.05) is 5.32 Å². The van der Waals surface area contributed by atoms with E-state index in [1.807, 2.05) is 30.3 Å². The molecule has 0 bridgehead atoms. The molecule has 0 amide bonds. The van der Waals surface area contributed by atoms with Crippen LogP contribution in [0.1, 0.15) is 31.0 Å². The minimum absolute atomic E-state index is 0.452. The molecular formula is C17H20N4S. The highest BCUT2D eigenvalue weighted by molar-refractivity contribution is 7.80. The number of hydrogen-bond acceptors (Lipinski definition) is 3. The summed E-state index contributed by atoms with van der Waals surface area (Å²) in [6, 6.07) is 13.9. The Morgan fingerprint density at radius 1 is 1.23 bits per heavy atom. The van der Waals surface area contributed by atoms with Crippen LogP contribution in [0.5, 0.6) is 0 Å². The third-order valence-electron chi connectivity index (χ3n) is 3.08. The smallest absolute Gasteiger partial charge is 0.191 e. The SMILES string of the molecule is CCCCc1ccc(NC(=S)N/N=C\c2ccccn2)cc1. The van der Waals surface area contributed by atoms with Gasteiger partial charge in [-0.1, -0.05) is 31.5 Å². The molecule has 2 rings (SSSR count). The van der Waals surface area contributed by atoms with Gasteiger partial charge >= 0.3 is 0 Å². The molecule has 0 atom stereocenters. The highest BCUT2D eigenvalue weighted by Gasteiger charge is 1.97. The van der Waals surface area contributed by atoms with E-state index in [0.29, 0.717) is 5.11 Å². The first-order valence-corrected chi connectivity index (χ1v) is 7.79. The summed E-state index contributed by atoms with van der Waals surface area (Å²) in [4.78, 5) is 4.14. The summed E-state index contributed by atoms with van der Waals surface area (Å²) >= 11 is 5.20. The number of unbranched alkanes of at least 4 members (excludes halogenated alkanes) is 1. The second-order valence-corrected chi connectivity index (χ2v) is 5.29. The van der Waals surface area contributed by atoms with E-state index in [4.69, 9.17) is 12.2 Å². The fourth-order valence-electron chi connectivity index (χ4n) is 1.90. The predicted molar refractivity (Wildman–Crippen MR) is 96.2 cm³/mol. The maximum Gasteiger partial charge on any atom is 0.191 e. The molecule has 1 aromatic heterocycles. The van der Waals surface area contributed by atoms with Gasteiger partial charge in [0.15, 0.2) is 5.11 Å². The van der Waals surface area contributed by atoms with Crippen LogP contribution in [0.25, 0.3) is 0 Å². The number of thiocarbonyl (C=S) groups is 1. The van der Waals surface area contributed by atoms with Gasteiger partial charge in [0.25, 0.3) is 0 Å². The van der Waals surface area contributed by atoms with Crippen LogP contribution in [0, 0.1) is 0 Å². The summed E-state index contributed by atoms with van der Waals surface area (Å²) in [6.07, 6.45) is 6.89. The zero-order valence-electron chi connectivity index (χ0n) is 12.6. The minimum Gasteiger partial charge on any atom is -0.331 e. The van der Waals surface area contributed by atoms with Gasteiger partial charge < -0.3 is 5.32 Å². The molecule has 2 N–H and O–H groups in total. The Labute approximate surface area is 136 Å². The molecule has 0 radical (unpaired) electrons. The van der Waals surface area contributed by atoms with E-state index in [0.717, 1.165) is 17.8 Å². The van der Waals surface area contributed by atoms with Crippen molar-refractivity contribution in [3.63, 3.8) is 0 Å². The van der Waals surface area contributed by atoms with E-state index >= 15 is 0 Å². The summed E-state index contributed by atoms with van der Waals surface area (Å²) in [6.45, 7) is 2.20. The Kier molecular flexibility index (Phi) is 6.51. The third kappa shape index (κ3) is 5.61. The van der Waals surface area contributed by atoms with Crippen LogP contribution in [-0.2, 0) is 6.42 Å². The van der Waals surface area contributed by atoms with Crippen LogP contribution in [0.3, 0.4) is 0 Å². The molecule has 0 aliphatic heterocycles. The number of nitrogens with zero attached hydrogens (tertiary/aromatic N) is 2. The third-order valence-corrected chi connectivity index (χ3v) is 3.27. The lowest BCUT2D eigenvalue weighted by atomic mass is 10.1. The Hall–Kier alpha value is -2.27. The maximum atomic E-state index is 5.20. The molecule has 0 aliphatic rings. The molecule has 0 spiro atoms. The number of hydrogen-bond donors (Lipinski definition) is 2. The van der Waals surface area contributed by atoms with Crippen molar-refractivity contribution in [2.45, 2.75) is 26.2 Å². The summed E-state index contributed by atoms with van der Waals surface area (Å²) in [5, 5.41) is 7.60. The number of nitrogens with one attached hydrogen (secondary N) is 2. The average Bonchev–Trinajstić information content (AvgIpc) is 2.55. The molecule has 0 saturated heterocycles. The zero-order valence-corrected chi connectivity index (χ0v) is 13.4. The van der Waals surface area contributed by atoms with Crippen LogP contribution in [0.4, 0.5) is 5.69 Å². The lowest BCUT2D eigenvalue weighted by molar-refractivity contribution is 0.795. The van der Waals surface area contributed by atoms with Crippen LogP contribution in [-0.4, -0.2) is 16.3 Å². The van der Waals surface area contributed by atoms with Gasteiger partial charge in [-0.05, 0) is 54.9 Å². The van der Waals surface area contributed by atoms with Crippen molar-refractivity contribution in [3.05, 3.63) is 59.9 Å². The summed E-state index contributed by atoms with van der Waals surface area (Å²) in [5.74, 6) is 0. The number of anilines is 1.